The highest BCUT2D eigenvalue weighted by molar-refractivity contribution is 6.02. The molecule has 0 spiro atoms. The number of hydrogen-bond acceptors (Lipinski definition) is 3. The molecular weight excluding hydrogens is 366 g/mol. The van der Waals surface area contributed by atoms with Crippen LogP contribution in [0.2, 0.25) is 0 Å². The molecule has 1 fully saturated rings. The largest absolute Gasteiger partial charge is 0.346 e. The smallest absolute Gasteiger partial charge is 0.324 e. The molecule has 1 atom stereocenters. The molecule has 2 aromatic rings. The molecule has 6 heteroatoms. The minimum absolute atomic E-state index is 0.00254. The van der Waals surface area contributed by atoms with E-state index in [4.69, 9.17) is 0 Å². The van der Waals surface area contributed by atoms with Crippen LogP contribution in [0, 0.1) is 0 Å². The second kappa shape index (κ2) is 8.07. The molecule has 4 rings (SSSR count). The Morgan fingerprint density at radius 1 is 1.10 bits per heavy atom. The zero-order valence-corrected chi connectivity index (χ0v) is 16.5. The van der Waals surface area contributed by atoms with Gasteiger partial charge in [-0.1, -0.05) is 36.4 Å². The summed E-state index contributed by atoms with van der Waals surface area (Å²) in [4.78, 5) is 37.8. The maximum atomic E-state index is 13.0. The van der Waals surface area contributed by atoms with Crippen LogP contribution in [-0.2, 0) is 24.2 Å². The average Bonchev–Trinajstić information content (AvgIpc) is 3.05. The zero-order chi connectivity index (χ0) is 20.4. The van der Waals surface area contributed by atoms with Gasteiger partial charge in [-0.25, -0.2) is 4.79 Å². The van der Waals surface area contributed by atoms with E-state index in [1.807, 2.05) is 6.92 Å². The first-order chi connectivity index (χ1) is 14.0. The van der Waals surface area contributed by atoms with Crippen molar-refractivity contribution in [2.45, 2.75) is 45.2 Å². The van der Waals surface area contributed by atoms with Crippen LogP contribution in [0.1, 0.15) is 58.4 Å². The van der Waals surface area contributed by atoms with Crippen LogP contribution < -0.4 is 10.6 Å². The van der Waals surface area contributed by atoms with Crippen LogP contribution in [0.5, 0.6) is 0 Å². The molecule has 0 bridgehead atoms. The molecule has 0 unspecified atom stereocenters. The molecule has 1 aliphatic heterocycles. The third-order valence-electron chi connectivity index (χ3n) is 5.75. The van der Waals surface area contributed by atoms with E-state index in [0.717, 1.165) is 23.3 Å². The van der Waals surface area contributed by atoms with Gasteiger partial charge in [-0.15, -0.1) is 0 Å². The van der Waals surface area contributed by atoms with Crippen molar-refractivity contribution < 1.29 is 14.4 Å². The summed E-state index contributed by atoms with van der Waals surface area (Å²) >= 11 is 0. The van der Waals surface area contributed by atoms with E-state index < -0.39 is 6.03 Å². The van der Waals surface area contributed by atoms with E-state index in [-0.39, 0.29) is 30.9 Å². The molecule has 4 amide bonds. The number of imide groups is 1. The molecule has 150 valence electrons. The topological polar surface area (TPSA) is 78.5 Å². The molecule has 0 saturated carbocycles. The number of benzene rings is 2. The summed E-state index contributed by atoms with van der Waals surface area (Å²) in [6, 6.07) is 13.0. The predicted molar refractivity (Wildman–Crippen MR) is 109 cm³/mol. The second-order valence-corrected chi connectivity index (χ2v) is 7.73. The highest BCUT2D eigenvalue weighted by Crippen LogP contribution is 2.25. The number of carbonyl (C=O) groups is 3. The fourth-order valence-electron chi connectivity index (χ4n) is 4.05. The first-order valence-corrected chi connectivity index (χ1v) is 10.1. The molecule has 2 aromatic carbocycles. The van der Waals surface area contributed by atoms with Crippen molar-refractivity contribution in [2.24, 2.45) is 0 Å². The lowest BCUT2D eigenvalue weighted by Gasteiger charge is -2.21. The minimum Gasteiger partial charge on any atom is -0.346 e. The van der Waals surface area contributed by atoms with Crippen LogP contribution >= 0.6 is 0 Å². The number of hydrogen-bond donors (Lipinski definition) is 2. The number of fused-ring (bicyclic) bond motifs is 1. The van der Waals surface area contributed by atoms with E-state index in [2.05, 4.69) is 28.8 Å². The first-order valence-electron chi connectivity index (χ1n) is 10.1. The van der Waals surface area contributed by atoms with Crippen molar-refractivity contribution in [3.05, 3.63) is 70.3 Å². The van der Waals surface area contributed by atoms with Crippen LogP contribution in [0.25, 0.3) is 0 Å². The predicted octanol–water partition coefficient (Wildman–Crippen LogP) is 3.11. The molecule has 2 N–H and O–H groups in total. The van der Waals surface area contributed by atoms with E-state index >= 15 is 0 Å². The highest BCUT2D eigenvalue weighted by Gasteiger charge is 2.29. The van der Waals surface area contributed by atoms with Gasteiger partial charge in [0, 0.05) is 5.56 Å². The quantitative estimate of drug-likeness (QED) is 0.769. The molecule has 1 saturated heterocycles. The van der Waals surface area contributed by atoms with Crippen molar-refractivity contribution in [3.8, 4) is 0 Å². The highest BCUT2D eigenvalue weighted by atomic mass is 16.2. The van der Waals surface area contributed by atoms with Gasteiger partial charge in [0.25, 0.3) is 5.91 Å². The van der Waals surface area contributed by atoms with Gasteiger partial charge >= 0.3 is 6.03 Å². The average molecular weight is 391 g/mol. The van der Waals surface area contributed by atoms with Crippen molar-refractivity contribution in [3.63, 3.8) is 0 Å². The van der Waals surface area contributed by atoms with E-state index in [1.54, 1.807) is 24.3 Å². The van der Waals surface area contributed by atoms with Crippen molar-refractivity contribution in [1.82, 2.24) is 15.5 Å². The third kappa shape index (κ3) is 4.01. The molecule has 2 aliphatic rings. The Hall–Kier alpha value is -3.15. The maximum absolute atomic E-state index is 13.0. The first kappa shape index (κ1) is 19.2. The summed E-state index contributed by atoms with van der Waals surface area (Å²) in [7, 11) is 0. The summed E-state index contributed by atoms with van der Waals surface area (Å²) in [6.45, 7) is 2.06. The number of aryl methyl sites for hydroxylation is 2. The van der Waals surface area contributed by atoms with Gasteiger partial charge in [0.05, 0.1) is 19.1 Å². The molecule has 1 heterocycles. The Bertz CT molecular complexity index is 954. The Morgan fingerprint density at radius 3 is 2.62 bits per heavy atom. The van der Waals surface area contributed by atoms with Gasteiger partial charge in [-0.3, -0.25) is 14.5 Å². The fourth-order valence-corrected chi connectivity index (χ4v) is 4.05. The van der Waals surface area contributed by atoms with Gasteiger partial charge in [0.1, 0.15) is 0 Å². The van der Waals surface area contributed by atoms with Crippen LogP contribution in [0.15, 0.2) is 42.5 Å². The van der Waals surface area contributed by atoms with E-state index in [0.29, 0.717) is 11.1 Å². The van der Waals surface area contributed by atoms with Crippen LogP contribution in [0.4, 0.5) is 4.79 Å². The van der Waals surface area contributed by atoms with Gasteiger partial charge in [-0.2, -0.15) is 0 Å². The standard InChI is InChI=1S/C23H25N3O3/c1-15(17-11-10-16-6-2-3-7-18(16)12-17)25-22(28)20-9-5-4-8-19(20)14-26-21(27)13-24-23(26)29/h4-5,8-12,15H,2-3,6-7,13-14H2,1H3,(H,24,29)(H,25,28)/t15-/m1/s1. The molecular formula is C23H25N3O3. The third-order valence-corrected chi connectivity index (χ3v) is 5.75. The summed E-state index contributed by atoms with van der Waals surface area (Å²) < 4.78 is 0. The molecule has 6 nitrogen and oxygen atoms in total. The summed E-state index contributed by atoms with van der Waals surface area (Å²) in [6.07, 6.45) is 4.69. The number of rotatable bonds is 5. The Balaban J connectivity index is 1.50. The number of carbonyl (C=O) groups excluding carboxylic acids is 3. The molecule has 0 aromatic heterocycles. The van der Waals surface area contributed by atoms with Crippen LogP contribution in [0.3, 0.4) is 0 Å². The van der Waals surface area contributed by atoms with E-state index in [1.165, 1.54) is 24.0 Å². The van der Waals surface area contributed by atoms with Gasteiger partial charge < -0.3 is 10.6 Å². The fraction of sp³-hybridized carbons (Fsp3) is 0.348. The summed E-state index contributed by atoms with van der Waals surface area (Å²) in [5.41, 5.74) is 5.01. The molecule has 0 radical (unpaired) electrons. The van der Waals surface area contributed by atoms with Crippen molar-refractivity contribution in [2.75, 3.05) is 6.54 Å². The maximum Gasteiger partial charge on any atom is 0.324 e. The SMILES string of the molecule is C[C@@H](NC(=O)c1ccccc1CN1C(=O)CNC1=O)c1ccc2c(c1)CCCC2. The summed E-state index contributed by atoms with van der Waals surface area (Å²) in [5.74, 6) is -0.495. The van der Waals surface area contributed by atoms with Crippen molar-refractivity contribution >= 4 is 17.8 Å². The minimum atomic E-state index is -0.423. The monoisotopic (exact) mass is 391 g/mol. The Morgan fingerprint density at radius 2 is 1.86 bits per heavy atom. The lowest BCUT2D eigenvalue weighted by atomic mass is 9.89. The van der Waals surface area contributed by atoms with Crippen LogP contribution in [-0.4, -0.2) is 29.3 Å². The Labute approximate surface area is 170 Å². The Kier molecular flexibility index (Phi) is 5.34. The van der Waals surface area contributed by atoms with Gasteiger partial charge in [0.2, 0.25) is 5.91 Å². The normalized spacial score (nSPS) is 16.9. The number of amides is 4. The zero-order valence-electron chi connectivity index (χ0n) is 16.5. The van der Waals surface area contributed by atoms with Gasteiger partial charge in [-0.05, 0) is 60.9 Å². The number of nitrogens with zero attached hydrogens (tertiary/aromatic N) is 1. The van der Waals surface area contributed by atoms with Gasteiger partial charge in [0.15, 0.2) is 0 Å². The molecule has 1 aliphatic carbocycles. The molecule has 29 heavy (non-hydrogen) atoms. The lowest BCUT2D eigenvalue weighted by Crippen LogP contribution is -2.32. The summed E-state index contributed by atoms with van der Waals surface area (Å²) in [5, 5.41) is 5.57. The number of nitrogens with one attached hydrogen (secondary N) is 2. The lowest BCUT2D eigenvalue weighted by molar-refractivity contribution is -0.125. The number of urea groups is 1. The van der Waals surface area contributed by atoms with Crippen molar-refractivity contribution in [1.29, 1.82) is 0 Å². The van der Waals surface area contributed by atoms with E-state index in [9.17, 15) is 14.4 Å². The second-order valence-electron chi connectivity index (χ2n) is 7.73.